The molecule has 0 aromatic heterocycles. The molecule has 2 aromatic carbocycles. The Morgan fingerprint density at radius 1 is 1.21 bits per heavy atom. The van der Waals surface area contributed by atoms with E-state index in [0.29, 0.717) is 28.9 Å². The largest absolute Gasteiger partial charge is 0.493 e. The highest BCUT2D eigenvalue weighted by atomic mass is 16.5. The third kappa shape index (κ3) is 5.44. The van der Waals surface area contributed by atoms with E-state index in [1.54, 1.807) is 17.0 Å². The number of nitrogens with zero attached hydrogens (tertiary/aromatic N) is 1. The van der Waals surface area contributed by atoms with Gasteiger partial charge in [0, 0.05) is 36.2 Å². The SMILES string of the molecule is COc1cc(C=O)cc2c1O[C@@H]1[C@@H](O)[C@H](N(Cc3ccccc3)C(=O)CC(C)C)C=C(C(=O)NCCO)[C@H]21. The lowest BCUT2D eigenvalue weighted by Gasteiger charge is -2.41. The summed E-state index contributed by atoms with van der Waals surface area (Å²) in [4.78, 5) is 40.1. The first-order chi connectivity index (χ1) is 18.3. The minimum Gasteiger partial charge on any atom is -0.493 e. The molecule has 1 heterocycles. The quantitative estimate of drug-likeness (QED) is 0.409. The minimum atomic E-state index is -1.17. The molecule has 0 spiro atoms. The van der Waals surface area contributed by atoms with Crippen LogP contribution in [0.2, 0.25) is 0 Å². The van der Waals surface area contributed by atoms with Gasteiger partial charge in [-0.2, -0.15) is 0 Å². The Balaban J connectivity index is 1.82. The molecule has 2 amide bonds. The summed E-state index contributed by atoms with van der Waals surface area (Å²) in [6.45, 7) is 3.92. The van der Waals surface area contributed by atoms with Gasteiger partial charge in [-0.25, -0.2) is 0 Å². The Kier molecular flexibility index (Phi) is 8.48. The first-order valence-corrected chi connectivity index (χ1v) is 12.7. The predicted molar refractivity (Wildman–Crippen MR) is 140 cm³/mol. The number of rotatable bonds is 10. The average Bonchev–Trinajstić information content (AvgIpc) is 3.30. The molecule has 4 atom stereocenters. The van der Waals surface area contributed by atoms with Gasteiger partial charge in [-0.05, 0) is 29.7 Å². The van der Waals surface area contributed by atoms with Crippen molar-refractivity contribution in [2.24, 2.45) is 5.92 Å². The van der Waals surface area contributed by atoms with E-state index in [4.69, 9.17) is 9.47 Å². The lowest BCUT2D eigenvalue weighted by atomic mass is 9.77. The molecular formula is C29H34N2O7. The monoisotopic (exact) mass is 522 g/mol. The third-order valence-electron chi connectivity index (χ3n) is 6.87. The van der Waals surface area contributed by atoms with Gasteiger partial charge >= 0.3 is 0 Å². The maximum atomic E-state index is 13.5. The van der Waals surface area contributed by atoms with E-state index in [1.165, 1.54) is 13.2 Å². The summed E-state index contributed by atoms with van der Waals surface area (Å²) in [6.07, 6.45) is 0.487. The van der Waals surface area contributed by atoms with E-state index in [1.807, 2.05) is 44.2 Å². The number of amides is 2. The first-order valence-electron chi connectivity index (χ1n) is 12.7. The van der Waals surface area contributed by atoms with Gasteiger partial charge in [0.2, 0.25) is 11.8 Å². The van der Waals surface area contributed by atoms with Crippen LogP contribution in [-0.4, -0.2) is 71.7 Å². The number of aliphatic hydroxyl groups excluding tert-OH is 2. The summed E-state index contributed by atoms with van der Waals surface area (Å²) >= 11 is 0. The molecule has 2 aliphatic rings. The summed E-state index contributed by atoms with van der Waals surface area (Å²) < 4.78 is 11.7. The maximum Gasteiger partial charge on any atom is 0.247 e. The van der Waals surface area contributed by atoms with Crippen molar-refractivity contribution in [2.45, 2.75) is 51.0 Å². The molecular weight excluding hydrogens is 488 g/mol. The van der Waals surface area contributed by atoms with Crippen LogP contribution >= 0.6 is 0 Å². The van der Waals surface area contributed by atoms with Crippen LogP contribution in [-0.2, 0) is 16.1 Å². The molecule has 3 N–H and O–H groups in total. The predicted octanol–water partition coefficient (Wildman–Crippen LogP) is 2.21. The van der Waals surface area contributed by atoms with Gasteiger partial charge in [0.1, 0.15) is 18.5 Å². The number of carbonyl (C=O) groups excluding carboxylic acids is 3. The topological polar surface area (TPSA) is 125 Å². The Labute approximate surface area is 222 Å². The number of hydrogen-bond acceptors (Lipinski definition) is 7. The number of aliphatic hydroxyl groups is 2. The second-order valence-corrected chi connectivity index (χ2v) is 10.0. The molecule has 0 radical (unpaired) electrons. The molecule has 38 heavy (non-hydrogen) atoms. The number of benzene rings is 2. The molecule has 1 aliphatic carbocycles. The van der Waals surface area contributed by atoms with Crippen LogP contribution in [0.1, 0.15) is 47.7 Å². The normalized spacial score (nSPS) is 21.6. The fraction of sp³-hybridized carbons (Fsp3) is 0.414. The summed E-state index contributed by atoms with van der Waals surface area (Å²) in [7, 11) is 1.45. The van der Waals surface area contributed by atoms with Crippen LogP contribution in [0.3, 0.4) is 0 Å². The molecule has 0 bridgehead atoms. The third-order valence-corrected chi connectivity index (χ3v) is 6.87. The van der Waals surface area contributed by atoms with Gasteiger partial charge in [-0.3, -0.25) is 14.4 Å². The van der Waals surface area contributed by atoms with Crippen molar-refractivity contribution in [3.63, 3.8) is 0 Å². The standard InChI is InChI=1S/C29H34N2O7/c1-17(2)11-24(34)31(15-18-7-5-4-6-8-18)22-14-21(29(36)30-9-10-32)25-20-12-19(16-33)13-23(37-3)27(20)38-28(25)26(22)35/h4-8,12-14,16-17,22,25-26,28,32,35H,9-11,15H2,1-3H3,(H,30,36)/t22-,25+,26+,28+/m1/s1. The first kappa shape index (κ1) is 27.3. The number of carbonyl (C=O) groups is 3. The number of hydrogen-bond donors (Lipinski definition) is 3. The summed E-state index contributed by atoms with van der Waals surface area (Å²) in [5, 5.41) is 23.6. The highest BCUT2D eigenvalue weighted by molar-refractivity contribution is 5.96. The summed E-state index contributed by atoms with van der Waals surface area (Å²) in [6, 6.07) is 11.8. The van der Waals surface area contributed by atoms with Crippen molar-refractivity contribution in [2.75, 3.05) is 20.3 Å². The zero-order valence-corrected chi connectivity index (χ0v) is 21.8. The highest BCUT2D eigenvalue weighted by Gasteiger charge is 2.51. The number of nitrogens with one attached hydrogen (secondary N) is 1. The minimum absolute atomic E-state index is 0.0339. The van der Waals surface area contributed by atoms with Crippen LogP contribution in [0.4, 0.5) is 0 Å². The van der Waals surface area contributed by atoms with Crippen LogP contribution in [0.15, 0.2) is 54.1 Å². The van der Waals surface area contributed by atoms with Crippen molar-refractivity contribution in [1.29, 1.82) is 0 Å². The smallest absolute Gasteiger partial charge is 0.247 e. The van der Waals surface area contributed by atoms with E-state index >= 15 is 0 Å². The second-order valence-electron chi connectivity index (χ2n) is 10.0. The van der Waals surface area contributed by atoms with E-state index in [0.717, 1.165) is 5.56 Å². The highest BCUT2D eigenvalue weighted by Crippen LogP contribution is 2.51. The number of aldehydes is 1. The van der Waals surface area contributed by atoms with Crippen LogP contribution in [0.25, 0.3) is 0 Å². The molecule has 0 fully saturated rings. The van der Waals surface area contributed by atoms with E-state index in [2.05, 4.69) is 5.32 Å². The molecule has 4 rings (SSSR count). The van der Waals surface area contributed by atoms with Gasteiger partial charge in [0.25, 0.3) is 0 Å². The Morgan fingerprint density at radius 2 is 1.95 bits per heavy atom. The fourth-order valence-corrected chi connectivity index (χ4v) is 5.17. The van der Waals surface area contributed by atoms with Crippen molar-refractivity contribution in [1.82, 2.24) is 10.2 Å². The molecule has 202 valence electrons. The number of ether oxygens (including phenoxy) is 2. The molecule has 0 saturated heterocycles. The fourth-order valence-electron chi connectivity index (χ4n) is 5.17. The van der Waals surface area contributed by atoms with Gasteiger partial charge in [-0.15, -0.1) is 0 Å². The van der Waals surface area contributed by atoms with Gasteiger partial charge in [0.05, 0.1) is 25.7 Å². The van der Waals surface area contributed by atoms with Crippen molar-refractivity contribution in [3.8, 4) is 11.5 Å². The van der Waals surface area contributed by atoms with E-state index in [9.17, 15) is 24.6 Å². The molecule has 9 nitrogen and oxygen atoms in total. The summed E-state index contributed by atoms with van der Waals surface area (Å²) in [5.74, 6) is -0.569. The van der Waals surface area contributed by atoms with E-state index in [-0.39, 0.29) is 43.5 Å². The van der Waals surface area contributed by atoms with Crippen LogP contribution in [0, 0.1) is 5.92 Å². The van der Waals surface area contributed by atoms with Gasteiger partial charge < -0.3 is 29.9 Å². The molecule has 0 unspecified atom stereocenters. The van der Waals surface area contributed by atoms with Crippen molar-refractivity contribution < 1.29 is 34.1 Å². The zero-order chi connectivity index (χ0) is 27.4. The van der Waals surface area contributed by atoms with Crippen molar-refractivity contribution >= 4 is 18.1 Å². The maximum absolute atomic E-state index is 13.5. The average molecular weight is 523 g/mol. The second kappa shape index (κ2) is 11.8. The number of methoxy groups -OCH3 is 1. The Morgan fingerprint density at radius 3 is 2.58 bits per heavy atom. The molecule has 2 aromatic rings. The zero-order valence-electron chi connectivity index (χ0n) is 21.8. The molecule has 0 saturated carbocycles. The van der Waals surface area contributed by atoms with Crippen molar-refractivity contribution in [3.05, 3.63) is 70.8 Å². The van der Waals surface area contributed by atoms with Crippen LogP contribution < -0.4 is 14.8 Å². The molecule has 1 aliphatic heterocycles. The Bertz CT molecular complexity index is 1210. The lowest BCUT2D eigenvalue weighted by molar-refractivity contribution is -0.138. The van der Waals surface area contributed by atoms with Gasteiger partial charge in [-0.1, -0.05) is 44.2 Å². The van der Waals surface area contributed by atoms with Crippen LogP contribution in [0.5, 0.6) is 11.5 Å². The van der Waals surface area contributed by atoms with Gasteiger partial charge in [0.15, 0.2) is 11.5 Å². The molecule has 9 heteroatoms. The Hall–Kier alpha value is -3.69. The summed E-state index contributed by atoms with van der Waals surface area (Å²) in [5.41, 5.74) is 2.06. The van der Waals surface area contributed by atoms with E-state index < -0.39 is 30.1 Å². The lowest BCUT2D eigenvalue weighted by Crippen LogP contribution is -2.55. The number of fused-ring (bicyclic) bond motifs is 3.